The lowest BCUT2D eigenvalue weighted by Crippen LogP contribution is -2.43. The van der Waals surface area contributed by atoms with Crippen LogP contribution in [-0.4, -0.2) is 33.5 Å². The standard InChI is InChI=1S/C12H15BrClNO4S2/c13-11-9(14)7-10(20-11)21(16,17)15-8-1-3-12(4-2-8)18-5-6-19-12/h7-8,15H,1-6H2. The number of ether oxygens (including phenoxy) is 2. The fourth-order valence-corrected chi connectivity index (χ4v) is 6.42. The second-order valence-corrected chi connectivity index (χ2v) is 9.91. The summed E-state index contributed by atoms with van der Waals surface area (Å²) in [5.41, 5.74) is 0. The monoisotopic (exact) mass is 415 g/mol. The van der Waals surface area contributed by atoms with Crippen molar-refractivity contribution in [3.8, 4) is 0 Å². The van der Waals surface area contributed by atoms with E-state index in [0.717, 1.165) is 24.2 Å². The number of hydrogen-bond donors (Lipinski definition) is 1. The maximum Gasteiger partial charge on any atom is 0.250 e. The molecule has 2 heterocycles. The normalized spacial score (nSPS) is 23.0. The van der Waals surface area contributed by atoms with Gasteiger partial charge < -0.3 is 9.47 Å². The fraction of sp³-hybridized carbons (Fsp3) is 0.667. The average molecular weight is 417 g/mol. The Morgan fingerprint density at radius 3 is 2.48 bits per heavy atom. The van der Waals surface area contributed by atoms with Crippen LogP contribution in [0.4, 0.5) is 0 Å². The van der Waals surface area contributed by atoms with E-state index in [4.69, 9.17) is 21.1 Å². The minimum absolute atomic E-state index is 0.0897. The van der Waals surface area contributed by atoms with Crippen LogP contribution in [0.2, 0.25) is 5.02 Å². The Morgan fingerprint density at radius 2 is 1.95 bits per heavy atom. The van der Waals surface area contributed by atoms with Gasteiger partial charge in [0, 0.05) is 18.9 Å². The zero-order chi connectivity index (χ0) is 15.1. The highest BCUT2D eigenvalue weighted by Gasteiger charge is 2.41. The smallest absolute Gasteiger partial charge is 0.250 e. The van der Waals surface area contributed by atoms with Gasteiger partial charge in [-0.2, -0.15) is 0 Å². The van der Waals surface area contributed by atoms with Gasteiger partial charge in [-0.1, -0.05) is 11.6 Å². The molecule has 1 aliphatic heterocycles. The summed E-state index contributed by atoms with van der Waals surface area (Å²) in [5.74, 6) is -0.475. The van der Waals surface area contributed by atoms with Gasteiger partial charge in [-0.25, -0.2) is 13.1 Å². The minimum atomic E-state index is -3.52. The summed E-state index contributed by atoms with van der Waals surface area (Å²) >= 11 is 10.2. The van der Waals surface area contributed by atoms with Crippen LogP contribution in [0.5, 0.6) is 0 Å². The third-order valence-corrected chi connectivity index (χ3v) is 8.24. The molecule has 0 aromatic carbocycles. The quantitative estimate of drug-likeness (QED) is 0.822. The third kappa shape index (κ3) is 3.46. The van der Waals surface area contributed by atoms with E-state index in [1.54, 1.807) is 0 Å². The topological polar surface area (TPSA) is 64.6 Å². The third-order valence-electron chi connectivity index (χ3n) is 3.77. The molecule has 0 amide bonds. The molecule has 0 radical (unpaired) electrons. The van der Waals surface area contributed by atoms with Gasteiger partial charge in [-0.3, -0.25) is 0 Å². The van der Waals surface area contributed by atoms with Crippen molar-refractivity contribution in [3.63, 3.8) is 0 Å². The summed E-state index contributed by atoms with van der Waals surface area (Å²) < 4.78 is 39.6. The molecule has 118 valence electrons. The number of thiophene rings is 1. The molecule has 0 atom stereocenters. The van der Waals surface area contributed by atoms with E-state index in [9.17, 15) is 8.42 Å². The Bertz CT molecular complexity index is 598. The molecular formula is C12H15BrClNO4S2. The molecule has 0 unspecified atom stereocenters. The van der Waals surface area contributed by atoms with Crippen LogP contribution < -0.4 is 4.72 Å². The highest BCUT2D eigenvalue weighted by molar-refractivity contribution is 9.11. The second kappa shape index (κ2) is 6.07. The van der Waals surface area contributed by atoms with E-state index in [0.29, 0.717) is 34.9 Å². The fourth-order valence-electron chi connectivity index (χ4n) is 2.70. The number of nitrogens with one attached hydrogen (secondary N) is 1. The number of halogens is 2. The first-order valence-corrected chi connectivity index (χ1v) is 10.1. The highest BCUT2D eigenvalue weighted by atomic mass is 79.9. The lowest BCUT2D eigenvalue weighted by molar-refractivity contribution is -0.178. The van der Waals surface area contributed by atoms with E-state index >= 15 is 0 Å². The van der Waals surface area contributed by atoms with E-state index in [1.165, 1.54) is 6.07 Å². The summed E-state index contributed by atoms with van der Waals surface area (Å²) in [5, 5.41) is 0.413. The molecule has 1 N–H and O–H groups in total. The largest absolute Gasteiger partial charge is 0.348 e. The van der Waals surface area contributed by atoms with Crippen LogP contribution in [0.25, 0.3) is 0 Å². The lowest BCUT2D eigenvalue weighted by Gasteiger charge is -2.35. The van der Waals surface area contributed by atoms with Crippen LogP contribution in [-0.2, 0) is 19.5 Å². The van der Waals surface area contributed by atoms with Gasteiger partial charge in [-0.15, -0.1) is 11.3 Å². The molecular weight excluding hydrogens is 402 g/mol. The zero-order valence-electron chi connectivity index (χ0n) is 11.1. The number of sulfonamides is 1. The molecule has 1 spiro atoms. The Labute approximate surface area is 141 Å². The van der Waals surface area contributed by atoms with Gasteiger partial charge >= 0.3 is 0 Å². The lowest BCUT2D eigenvalue weighted by atomic mass is 9.91. The van der Waals surface area contributed by atoms with Crippen molar-refractivity contribution in [2.24, 2.45) is 0 Å². The van der Waals surface area contributed by atoms with E-state index < -0.39 is 15.8 Å². The molecule has 2 fully saturated rings. The Balaban J connectivity index is 1.64. The van der Waals surface area contributed by atoms with Crippen LogP contribution >= 0.6 is 38.9 Å². The molecule has 1 aliphatic carbocycles. The molecule has 21 heavy (non-hydrogen) atoms. The predicted molar refractivity (Wildman–Crippen MR) is 84.2 cm³/mol. The summed E-state index contributed by atoms with van der Waals surface area (Å²) in [6.07, 6.45) is 2.85. The molecule has 3 rings (SSSR count). The molecule has 1 saturated carbocycles. The van der Waals surface area contributed by atoms with Gasteiger partial charge in [0.2, 0.25) is 10.0 Å². The van der Waals surface area contributed by atoms with Crippen molar-refractivity contribution in [3.05, 3.63) is 14.9 Å². The SMILES string of the molecule is O=S(=O)(NC1CCC2(CC1)OCCO2)c1cc(Cl)c(Br)s1. The molecule has 1 saturated heterocycles. The Morgan fingerprint density at radius 1 is 1.33 bits per heavy atom. The van der Waals surface area contributed by atoms with E-state index in [2.05, 4.69) is 20.7 Å². The van der Waals surface area contributed by atoms with E-state index in [-0.39, 0.29) is 10.3 Å². The summed E-state index contributed by atoms with van der Waals surface area (Å²) in [4.78, 5) is 0. The molecule has 1 aromatic rings. The van der Waals surface area contributed by atoms with E-state index in [1.807, 2.05) is 0 Å². The van der Waals surface area contributed by atoms with Crippen LogP contribution in [0.15, 0.2) is 14.1 Å². The number of hydrogen-bond acceptors (Lipinski definition) is 5. The van der Waals surface area contributed by atoms with Gasteiger partial charge in [0.15, 0.2) is 5.79 Å². The molecule has 1 aromatic heterocycles. The van der Waals surface area contributed by atoms with Crippen LogP contribution in [0.3, 0.4) is 0 Å². The van der Waals surface area contributed by atoms with Crippen molar-refractivity contribution < 1.29 is 17.9 Å². The van der Waals surface area contributed by atoms with Crippen LogP contribution in [0.1, 0.15) is 25.7 Å². The zero-order valence-corrected chi connectivity index (χ0v) is 15.1. The molecule has 0 bridgehead atoms. The maximum absolute atomic E-state index is 12.3. The summed E-state index contributed by atoms with van der Waals surface area (Å²) in [6.45, 7) is 1.25. The molecule has 9 heteroatoms. The first kappa shape index (κ1) is 16.2. The van der Waals surface area contributed by atoms with Gasteiger partial charge in [-0.05, 0) is 34.8 Å². The maximum atomic E-state index is 12.3. The van der Waals surface area contributed by atoms with Crippen LogP contribution in [0, 0.1) is 0 Å². The Hall–Kier alpha value is 0.300. The second-order valence-electron chi connectivity index (χ2n) is 5.19. The van der Waals surface area contributed by atoms with Crippen molar-refractivity contribution in [1.29, 1.82) is 0 Å². The van der Waals surface area contributed by atoms with Gasteiger partial charge in [0.25, 0.3) is 0 Å². The highest BCUT2D eigenvalue weighted by Crippen LogP contribution is 2.37. The van der Waals surface area contributed by atoms with Gasteiger partial charge in [0.1, 0.15) is 4.21 Å². The Kier molecular flexibility index (Phi) is 4.67. The number of rotatable bonds is 3. The van der Waals surface area contributed by atoms with Gasteiger partial charge in [0.05, 0.1) is 22.0 Å². The summed E-state index contributed by atoms with van der Waals surface area (Å²) in [7, 11) is -3.52. The van der Waals surface area contributed by atoms with Crippen molar-refractivity contribution in [1.82, 2.24) is 4.72 Å². The molecule has 5 nitrogen and oxygen atoms in total. The minimum Gasteiger partial charge on any atom is -0.348 e. The average Bonchev–Trinajstić information content (AvgIpc) is 3.02. The summed E-state index contributed by atoms with van der Waals surface area (Å²) in [6, 6.07) is 1.37. The predicted octanol–water partition coefficient (Wildman–Crippen LogP) is 3.13. The van der Waals surface area contributed by atoms with Crippen molar-refractivity contribution in [2.45, 2.75) is 41.7 Å². The first-order valence-electron chi connectivity index (χ1n) is 6.65. The van der Waals surface area contributed by atoms with Crippen molar-refractivity contribution >= 4 is 48.9 Å². The first-order chi connectivity index (χ1) is 9.90. The molecule has 2 aliphatic rings. The van der Waals surface area contributed by atoms with Crippen molar-refractivity contribution in [2.75, 3.05) is 13.2 Å².